The molecule has 0 spiro atoms. The van der Waals surface area contributed by atoms with Crippen LogP contribution < -0.4 is 0 Å². The Kier molecular flexibility index (Phi) is 4.05. The van der Waals surface area contributed by atoms with E-state index in [-0.39, 0.29) is 18.0 Å². The zero-order chi connectivity index (χ0) is 12.3. The molecule has 0 atom stereocenters. The molecule has 0 radical (unpaired) electrons. The first kappa shape index (κ1) is 13.1. The molecule has 0 fully saturated rings. The molecule has 16 heavy (non-hydrogen) atoms. The molecule has 1 aromatic rings. The first-order valence-electron chi connectivity index (χ1n) is 5.44. The van der Waals surface area contributed by atoms with Crippen molar-refractivity contribution in [1.82, 2.24) is 4.90 Å². The van der Waals surface area contributed by atoms with Gasteiger partial charge < -0.3 is 5.11 Å². The van der Waals surface area contributed by atoms with Crippen molar-refractivity contribution in [2.75, 3.05) is 13.7 Å². The molecule has 0 bridgehead atoms. The highest BCUT2D eigenvalue weighted by atomic mass is 19.1. The molecule has 0 saturated carbocycles. The molecule has 1 rings (SSSR count). The maximum atomic E-state index is 13.1. The number of benzene rings is 1. The number of aliphatic hydroxyl groups is 1. The Morgan fingerprint density at radius 2 is 2.00 bits per heavy atom. The van der Waals surface area contributed by atoms with Crippen LogP contribution in [0.25, 0.3) is 0 Å². The van der Waals surface area contributed by atoms with E-state index in [1.165, 1.54) is 6.07 Å². The third-order valence-corrected chi connectivity index (χ3v) is 3.14. The monoisotopic (exact) mass is 225 g/mol. The van der Waals surface area contributed by atoms with Crippen molar-refractivity contribution in [1.29, 1.82) is 0 Å². The zero-order valence-corrected chi connectivity index (χ0v) is 10.4. The predicted molar refractivity (Wildman–Crippen MR) is 63.8 cm³/mol. The number of halogens is 1. The molecule has 0 aliphatic rings. The van der Waals surface area contributed by atoms with E-state index in [0.717, 1.165) is 11.1 Å². The van der Waals surface area contributed by atoms with Crippen LogP contribution in [0.4, 0.5) is 4.39 Å². The van der Waals surface area contributed by atoms with Gasteiger partial charge in [-0.2, -0.15) is 0 Å². The van der Waals surface area contributed by atoms with Gasteiger partial charge in [-0.1, -0.05) is 6.07 Å². The SMILES string of the molecule is Cc1ccc(F)cc1CN(C)C(C)(C)CO. The van der Waals surface area contributed by atoms with Crippen LogP contribution >= 0.6 is 0 Å². The minimum absolute atomic E-state index is 0.0812. The van der Waals surface area contributed by atoms with Gasteiger partial charge in [0.2, 0.25) is 0 Å². The molecule has 0 aliphatic heterocycles. The van der Waals surface area contributed by atoms with Crippen molar-refractivity contribution in [2.24, 2.45) is 0 Å². The molecule has 0 saturated heterocycles. The summed E-state index contributed by atoms with van der Waals surface area (Å²) in [6, 6.07) is 4.81. The van der Waals surface area contributed by atoms with Gasteiger partial charge in [-0.05, 0) is 51.1 Å². The number of likely N-dealkylation sites (N-methyl/N-ethyl adjacent to an activating group) is 1. The molecule has 0 aromatic heterocycles. The fourth-order valence-corrected chi connectivity index (χ4v) is 1.40. The van der Waals surface area contributed by atoms with Crippen LogP contribution in [0, 0.1) is 12.7 Å². The zero-order valence-electron chi connectivity index (χ0n) is 10.4. The average Bonchev–Trinajstić information content (AvgIpc) is 2.23. The smallest absolute Gasteiger partial charge is 0.123 e. The van der Waals surface area contributed by atoms with E-state index >= 15 is 0 Å². The predicted octanol–water partition coefficient (Wildman–Crippen LogP) is 2.34. The summed E-state index contributed by atoms with van der Waals surface area (Å²) in [5.41, 5.74) is 1.74. The number of aliphatic hydroxyl groups excluding tert-OH is 1. The number of nitrogens with zero attached hydrogens (tertiary/aromatic N) is 1. The van der Waals surface area contributed by atoms with E-state index in [1.807, 2.05) is 32.7 Å². The third kappa shape index (κ3) is 3.03. The van der Waals surface area contributed by atoms with Gasteiger partial charge in [-0.25, -0.2) is 4.39 Å². The molecule has 0 amide bonds. The van der Waals surface area contributed by atoms with Crippen LogP contribution in [0.5, 0.6) is 0 Å². The average molecular weight is 225 g/mol. The number of hydrogen-bond donors (Lipinski definition) is 1. The van der Waals surface area contributed by atoms with Gasteiger partial charge in [-0.15, -0.1) is 0 Å². The Hall–Kier alpha value is -0.930. The van der Waals surface area contributed by atoms with E-state index < -0.39 is 0 Å². The molecule has 0 heterocycles. The van der Waals surface area contributed by atoms with Crippen LogP contribution in [0.1, 0.15) is 25.0 Å². The molecule has 1 N–H and O–H groups in total. The topological polar surface area (TPSA) is 23.5 Å². The Labute approximate surface area is 96.7 Å². The van der Waals surface area contributed by atoms with Gasteiger partial charge >= 0.3 is 0 Å². The molecular formula is C13H20FNO. The Balaban J connectivity index is 2.84. The van der Waals surface area contributed by atoms with Crippen molar-refractivity contribution >= 4 is 0 Å². The van der Waals surface area contributed by atoms with Crippen molar-refractivity contribution in [3.63, 3.8) is 0 Å². The molecule has 1 aromatic carbocycles. The van der Waals surface area contributed by atoms with Crippen LogP contribution in [-0.4, -0.2) is 29.2 Å². The molecule has 90 valence electrons. The summed E-state index contributed by atoms with van der Waals surface area (Å²) in [5, 5.41) is 9.25. The van der Waals surface area contributed by atoms with Gasteiger partial charge in [0.1, 0.15) is 5.82 Å². The second-order valence-corrected chi connectivity index (χ2v) is 4.90. The second-order valence-electron chi connectivity index (χ2n) is 4.90. The van der Waals surface area contributed by atoms with Gasteiger partial charge in [0.25, 0.3) is 0 Å². The maximum Gasteiger partial charge on any atom is 0.123 e. The maximum absolute atomic E-state index is 13.1. The summed E-state index contributed by atoms with van der Waals surface area (Å²) < 4.78 is 13.1. The molecule has 2 nitrogen and oxygen atoms in total. The number of aryl methyl sites for hydroxylation is 1. The lowest BCUT2D eigenvalue weighted by atomic mass is 10.0. The van der Waals surface area contributed by atoms with E-state index in [9.17, 15) is 9.50 Å². The minimum Gasteiger partial charge on any atom is -0.394 e. The first-order valence-corrected chi connectivity index (χ1v) is 5.44. The summed E-state index contributed by atoms with van der Waals surface area (Å²) in [4.78, 5) is 2.02. The second kappa shape index (κ2) is 4.93. The Morgan fingerprint density at radius 3 is 2.56 bits per heavy atom. The van der Waals surface area contributed by atoms with E-state index in [4.69, 9.17) is 0 Å². The van der Waals surface area contributed by atoms with Crippen molar-refractivity contribution in [3.05, 3.63) is 35.1 Å². The highest BCUT2D eigenvalue weighted by Gasteiger charge is 2.22. The van der Waals surface area contributed by atoms with E-state index in [1.54, 1.807) is 12.1 Å². The summed E-state index contributed by atoms with van der Waals surface area (Å²) in [6.07, 6.45) is 0. The normalized spacial score (nSPS) is 12.2. The van der Waals surface area contributed by atoms with E-state index in [0.29, 0.717) is 6.54 Å². The minimum atomic E-state index is -0.293. The van der Waals surface area contributed by atoms with Crippen LogP contribution in [-0.2, 0) is 6.54 Å². The van der Waals surface area contributed by atoms with Gasteiger partial charge in [0, 0.05) is 12.1 Å². The lowest BCUT2D eigenvalue weighted by Gasteiger charge is -2.34. The fourth-order valence-electron chi connectivity index (χ4n) is 1.40. The fraction of sp³-hybridized carbons (Fsp3) is 0.538. The molecular weight excluding hydrogens is 205 g/mol. The van der Waals surface area contributed by atoms with Crippen LogP contribution in [0.3, 0.4) is 0 Å². The summed E-state index contributed by atoms with van der Waals surface area (Å²) in [5.74, 6) is -0.212. The van der Waals surface area contributed by atoms with E-state index in [2.05, 4.69) is 0 Å². The summed E-state index contributed by atoms with van der Waals surface area (Å²) in [7, 11) is 1.93. The molecule has 3 heteroatoms. The molecule has 0 unspecified atom stereocenters. The molecule has 0 aliphatic carbocycles. The van der Waals surface area contributed by atoms with Crippen LogP contribution in [0.2, 0.25) is 0 Å². The van der Waals surface area contributed by atoms with Crippen molar-refractivity contribution < 1.29 is 9.50 Å². The van der Waals surface area contributed by atoms with Gasteiger partial charge in [0.05, 0.1) is 6.61 Å². The van der Waals surface area contributed by atoms with Gasteiger partial charge in [-0.3, -0.25) is 4.90 Å². The largest absolute Gasteiger partial charge is 0.394 e. The first-order chi connectivity index (χ1) is 7.36. The number of rotatable bonds is 4. The van der Waals surface area contributed by atoms with Crippen molar-refractivity contribution in [3.8, 4) is 0 Å². The summed E-state index contributed by atoms with van der Waals surface area (Å²) >= 11 is 0. The Bertz CT molecular complexity index is 363. The Morgan fingerprint density at radius 1 is 1.38 bits per heavy atom. The highest BCUT2D eigenvalue weighted by Crippen LogP contribution is 2.18. The lowest BCUT2D eigenvalue weighted by Crippen LogP contribution is -2.43. The van der Waals surface area contributed by atoms with Gasteiger partial charge in [0.15, 0.2) is 0 Å². The number of hydrogen-bond acceptors (Lipinski definition) is 2. The summed E-state index contributed by atoms with van der Waals surface area (Å²) in [6.45, 7) is 6.60. The third-order valence-electron chi connectivity index (χ3n) is 3.14. The lowest BCUT2D eigenvalue weighted by molar-refractivity contribution is 0.0732. The van der Waals surface area contributed by atoms with Crippen LogP contribution in [0.15, 0.2) is 18.2 Å². The van der Waals surface area contributed by atoms with Crippen molar-refractivity contribution in [2.45, 2.75) is 32.9 Å². The highest BCUT2D eigenvalue weighted by molar-refractivity contribution is 5.26. The standard InChI is InChI=1S/C13H20FNO/c1-10-5-6-12(14)7-11(10)8-15(4)13(2,3)9-16/h5-7,16H,8-9H2,1-4H3. The quantitative estimate of drug-likeness (QED) is 0.850.